The molecule has 1 amide bonds. The van der Waals surface area contributed by atoms with Crippen molar-refractivity contribution >= 4 is 11.6 Å². The summed E-state index contributed by atoms with van der Waals surface area (Å²) in [5.74, 6) is 0.573. The molecule has 2 aromatic rings. The number of anilines is 1. The van der Waals surface area contributed by atoms with Crippen molar-refractivity contribution in [1.29, 1.82) is 0 Å². The summed E-state index contributed by atoms with van der Waals surface area (Å²) < 4.78 is 1.57. The first kappa shape index (κ1) is 13.7. The highest BCUT2D eigenvalue weighted by molar-refractivity contribution is 5.90. The van der Waals surface area contributed by atoms with Gasteiger partial charge >= 0.3 is 0 Å². The summed E-state index contributed by atoms with van der Waals surface area (Å²) in [6.07, 6.45) is 4.28. The summed E-state index contributed by atoms with van der Waals surface area (Å²) in [5.41, 5.74) is 1.65. The highest BCUT2D eigenvalue weighted by Gasteiger charge is 2.16. The number of hydrogen-bond donors (Lipinski definition) is 2. The van der Waals surface area contributed by atoms with Crippen molar-refractivity contribution < 1.29 is 4.79 Å². The number of hydrogen-bond acceptors (Lipinski definition) is 5. The predicted octanol–water partition coefficient (Wildman–Crippen LogP) is 0.990. The third kappa shape index (κ3) is 3.63. The van der Waals surface area contributed by atoms with Crippen LogP contribution < -0.4 is 10.6 Å². The molecule has 0 saturated carbocycles. The van der Waals surface area contributed by atoms with Crippen molar-refractivity contribution in [2.75, 3.05) is 18.4 Å². The molecule has 1 aliphatic rings. The Morgan fingerprint density at radius 2 is 2.05 bits per heavy atom. The number of nitrogens with one attached hydrogen (secondary N) is 2. The van der Waals surface area contributed by atoms with Crippen molar-refractivity contribution in [3.05, 3.63) is 30.6 Å². The fourth-order valence-electron chi connectivity index (χ4n) is 2.54. The second kappa shape index (κ2) is 6.45. The summed E-state index contributed by atoms with van der Waals surface area (Å²) in [6.45, 7) is 2.02. The van der Waals surface area contributed by atoms with E-state index in [1.54, 1.807) is 4.68 Å². The maximum Gasteiger partial charge on any atom is 0.224 e. The molecule has 0 aliphatic carbocycles. The van der Waals surface area contributed by atoms with E-state index in [0.29, 0.717) is 12.3 Å². The van der Waals surface area contributed by atoms with Crippen LogP contribution in [0.25, 0.3) is 5.69 Å². The minimum Gasteiger partial charge on any atom is -0.326 e. The van der Waals surface area contributed by atoms with Gasteiger partial charge < -0.3 is 10.6 Å². The molecule has 1 aromatic carbocycles. The van der Waals surface area contributed by atoms with E-state index >= 15 is 0 Å². The SMILES string of the molecule is O=C(CC1CCNCC1)Nc1ccc(-n2cnnn2)cc1. The molecule has 1 aliphatic heterocycles. The van der Waals surface area contributed by atoms with Gasteiger partial charge in [0, 0.05) is 12.1 Å². The third-order valence-corrected chi connectivity index (χ3v) is 3.70. The number of nitrogens with zero attached hydrogens (tertiary/aromatic N) is 4. The molecule has 0 atom stereocenters. The van der Waals surface area contributed by atoms with Crippen LogP contribution in [-0.4, -0.2) is 39.2 Å². The normalized spacial score (nSPS) is 15.8. The maximum atomic E-state index is 12.0. The van der Waals surface area contributed by atoms with Crippen LogP contribution in [0.4, 0.5) is 5.69 Å². The second-order valence-corrected chi connectivity index (χ2v) is 5.25. The van der Waals surface area contributed by atoms with Crippen molar-refractivity contribution in [2.24, 2.45) is 5.92 Å². The molecule has 1 fully saturated rings. The highest BCUT2D eigenvalue weighted by atomic mass is 16.1. The van der Waals surface area contributed by atoms with E-state index in [9.17, 15) is 4.79 Å². The Hall–Kier alpha value is -2.28. The molecule has 3 rings (SSSR count). The molecular formula is C14H18N6O. The molecule has 0 bridgehead atoms. The Balaban J connectivity index is 1.56. The molecule has 2 heterocycles. The number of benzene rings is 1. The van der Waals surface area contributed by atoms with Gasteiger partial charge in [-0.2, -0.15) is 0 Å². The van der Waals surface area contributed by atoms with Crippen LogP contribution in [0.1, 0.15) is 19.3 Å². The third-order valence-electron chi connectivity index (χ3n) is 3.70. The molecule has 110 valence electrons. The fourth-order valence-corrected chi connectivity index (χ4v) is 2.54. The summed E-state index contributed by atoms with van der Waals surface area (Å²) >= 11 is 0. The van der Waals surface area contributed by atoms with Gasteiger partial charge in [-0.25, -0.2) is 4.68 Å². The van der Waals surface area contributed by atoms with Gasteiger partial charge in [-0.3, -0.25) is 4.79 Å². The van der Waals surface area contributed by atoms with Crippen LogP contribution in [0.3, 0.4) is 0 Å². The zero-order valence-electron chi connectivity index (χ0n) is 11.7. The van der Waals surface area contributed by atoms with Gasteiger partial charge in [0.15, 0.2) is 0 Å². The topological polar surface area (TPSA) is 84.7 Å². The molecular weight excluding hydrogens is 268 g/mol. The lowest BCUT2D eigenvalue weighted by molar-refractivity contribution is -0.117. The molecule has 0 radical (unpaired) electrons. The number of carbonyl (C=O) groups excluding carboxylic acids is 1. The van der Waals surface area contributed by atoms with Gasteiger partial charge in [-0.05, 0) is 66.5 Å². The number of carbonyl (C=O) groups is 1. The van der Waals surface area contributed by atoms with Gasteiger partial charge in [0.05, 0.1) is 5.69 Å². The fraction of sp³-hybridized carbons (Fsp3) is 0.429. The van der Waals surface area contributed by atoms with E-state index in [4.69, 9.17) is 0 Å². The average molecular weight is 286 g/mol. The Bertz CT molecular complexity index is 574. The van der Waals surface area contributed by atoms with Crippen molar-refractivity contribution in [3.8, 4) is 5.69 Å². The Kier molecular flexibility index (Phi) is 4.20. The van der Waals surface area contributed by atoms with Gasteiger partial charge in [0.25, 0.3) is 0 Å². The van der Waals surface area contributed by atoms with E-state index in [2.05, 4.69) is 26.2 Å². The van der Waals surface area contributed by atoms with E-state index in [-0.39, 0.29) is 5.91 Å². The Morgan fingerprint density at radius 1 is 1.29 bits per heavy atom. The van der Waals surface area contributed by atoms with E-state index in [1.165, 1.54) is 6.33 Å². The molecule has 0 unspecified atom stereocenters. The lowest BCUT2D eigenvalue weighted by atomic mass is 9.94. The number of rotatable bonds is 4. The molecule has 1 saturated heterocycles. The number of tetrazole rings is 1. The average Bonchev–Trinajstić information content (AvgIpc) is 3.03. The summed E-state index contributed by atoms with van der Waals surface area (Å²) in [5, 5.41) is 17.2. The zero-order chi connectivity index (χ0) is 14.5. The van der Waals surface area contributed by atoms with E-state index < -0.39 is 0 Å². The predicted molar refractivity (Wildman–Crippen MR) is 78.0 cm³/mol. The van der Waals surface area contributed by atoms with Gasteiger partial charge in [-0.15, -0.1) is 5.10 Å². The van der Waals surface area contributed by atoms with Crippen LogP contribution in [0, 0.1) is 5.92 Å². The molecule has 2 N–H and O–H groups in total. The van der Waals surface area contributed by atoms with Crippen molar-refractivity contribution in [2.45, 2.75) is 19.3 Å². The summed E-state index contributed by atoms with van der Waals surface area (Å²) in [4.78, 5) is 12.0. The largest absolute Gasteiger partial charge is 0.326 e. The monoisotopic (exact) mass is 286 g/mol. The first-order chi connectivity index (χ1) is 10.3. The Labute approximate surface area is 122 Å². The van der Waals surface area contributed by atoms with Gasteiger partial charge in [-0.1, -0.05) is 0 Å². The molecule has 21 heavy (non-hydrogen) atoms. The number of amides is 1. The smallest absolute Gasteiger partial charge is 0.224 e. The van der Waals surface area contributed by atoms with Crippen LogP contribution in [0.2, 0.25) is 0 Å². The summed E-state index contributed by atoms with van der Waals surface area (Å²) in [7, 11) is 0. The van der Waals surface area contributed by atoms with Gasteiger partial charge in [0.2, 0.25) is 5.91 Å². The number of piperidine rings is 1. The first-order valence-electron chi connectivity index (χ1n) is 7.15. The molecule has 7 heteroatoms. The lowest BCUT2D eigenvalue weighted by Gasteiger charge is -2.21. The van der Waals surface area contributed by atoms with Crippen LogP contribution in [0.5, 0.6) is 0 Å². The van der Waals surface area contributed by atoms with E-state index in [0.717, 1.165) is 37.3 Å². The van der Waals surface area contributed by atoms with Crippen LogP contribution >= 0.6 is 0 Å². The van der Waals surface area contributed by atoms with Crippen LogP contribution in [0.15, 0.2) is 30.6 Å². The standard InChI is InChI=1S/C14H18N6O/c21-14(9-11-5-7-15-8-6-11)17-12-1-3-13(4-2-12)20-10-16-18-19-20/h1-4,10-11,15H,5-9H2,(H,17,21). The quantitative estimate of drug-likeness (QED) is 0.875. The highest BCUT2D eigenvalue weighted by Crippen LogP contribution is 2.18. The molecule has 1 aromatic heterocycles. The summed E-state index contributed by atoms with van der Waals surface area (Å²) in [6, 6.07) is 7.46. The molecule has 7 nitrogen and oxygen atoms in total. The zero-order valence-corrected chi connectivity index (χ0v) is 11.7. The lowest BCUT2D eigenvalue weighted by Crippen LogP contribution is -2.30. The Morgan fingerprint density at radius 3 is 2.71 bits per heavy atom. The first-order valence-corrected chi connectivity index (χ1v) is 7.15. The van der Waals surface area contributed by atoms with Crippen LogP contribution in [-0.2, 0) is 4.79 Å². The van der Waals surface area contributed by atoms with E-state index in [1.807, 2.05) is 24.3 Å². The van der Waals surface area contributed by atoms with Crippen molar-refractivity contribution in [3.63, 3.8) is 0 Å². The maximum absolute atomic E-state index is 12.0. The second-order valence-electron chi connectivity index (χ2n) is 5.25. The van der Waals surface area contributed by atoms with Gasteiger partial charge in [0.1, 0.15) is 6.33 Å². The minimum atomic E-state index is 0.0806. The van der Waals surface area contributed by atoms with Crippen molar-refractivity contribution in [1.82, 2.24) is 25.5 Å². The number of aromatic nitrogens is 4. The molecule has 0 spiro atoms. The minimum absolute atomic E-state index is 0.0806.